The molecule has 4 rings (SSSR count). The van der Waals surface area contributed by atoms with Crippen molar-refractivity contribution < 1.29 is 19.1 Å². The van der Waals surface area contributed by atoms with E-state index in [1.165, 1.54) is 0 Å². The van der Waals surface area contributed by atoms with E-state index in [1.807, 2.05) is 0 Å². The molecule has 1 amide bonds. The second-order valence-corrected chi connectivity index (χ2v) is 7.08. The normalized spacial score (nSPS) is 24.7. The number of H-pyrrole nitrogens is 1. The fourth-order valence-corrected chi connectivity index (χ4v) is 4.16. The predicted octanol–water partition coefficient (Wildman–Crippen LogP) is 2.39. The number of aryl methyl sites for hydroxylation is 1. The molecule has 0 spiro atoms. The molecule has 3 atom stereocenters. The molecule has 2 bridgehead atoms. The van der Waals surface area contributed by atoms with Gasteiger partial charge in [-0.15, -0.1) is 0 Å². The third kappa shape index (κ3) is 2.75. The van der Waals surface area contributed by atoms with Crippen LogP contribution < -0.4 is 0 Å². The van der Waals surface area contributed by atoms with Gasteiger partial charge in [0.2, 0.25) is 0 Å². The van der Waals surface area contributed by atoms with Crippen LogP contribution in [0.15, 0.2) is 18.3 Å². The Morgan fingerprint density at radius 1 is 1.27 bits per heavy atom. The molecule has 0 radical (unpaired) electrons. The monoisotopic (exact) mass is 358 g/mol. The molecule has 2 aliphatic rings. The number of pyridine rings is 1. The highest BCUT2D eigenvalue weighted by atomic mass is 19.1. The van der Waals surface area contributed by atoms with Crippen molar-refractivity contribution in [3.63, 3.8) is 0 Å². The van der Waals surface area contributed by atoms with E-state index in [1.54, 1.807) is 24.0 Å². The molecule has 0 aliphatic carbocycles. The number of rotatable bonds is 3. The van der Waals surface area contributed by atoms with Crippen molar-refractivity contribution in [1.29, 1.82) is 0 Å². The molecule has 4 heterocycles. The highest BCUT2D eigenvalue weighted by molar-refractivity contribution is 5.94. The number of aliphatic carboxylic acids is 1. The first kappa shape index (κ1) is 16.7. The van der Waals surface area contributed by atoms with Crippen LogP contribution in [0, 0.1) is 18.7 Å². The standard InChI is InChI=1S/C18H19FN4O3/c1-9-4-13(14(19)8-20-9)15-7-16(22-21-15)17(24)23-11-2-3-12(23)6-10(5-11)18(25)26/h4,7-8,10-12H,2-3,5-6H2,1H3,(H,21,22)(H,25,26)/t10?,11-,12?/m0/s1. The minimum absolute atomic E-state index is 0.0672. The van der Waals surface area contributed by atoms with Gasteiger partial charge in [0.15, 0.2) is 11.5 Å². The number of hydrogen-bond acceptors (Lipinski definition) is 4. The Balaban J connectivity index is 1.58. The highest BCUT2D eigenvalue weighted by Gasteiger charge is 2.45. The number of nitrogens with one attached hydrogen (secondary N) is 1. The SMILES string of the molecule is Cc1cc(-c2cc(C(=O)N3C4CC[C@H]3CC(C(=O)O)C4)n[nH]2)c(F)cn1. The molecule has 2 aromatic heterocycles. The van der Waals surface area contributed by atoms with Crippen molar-refractivity contribution in [3.8, 4) is 11.3 Å². The van der Waals surface area contributed by atoms with Gasteiger partial charge in [0.25, 0.3) is 5.91 Å². The van der Waals surface area contributed by atoms with Crippen molar-refractivity contribution in [2.45, 2.75) is 44.7 Å². The number of halogens is 1. The van der Waals surface area contributed by atoms with Crippen LogP contribution in [-0.2, 0) is 4.79 Å². The molecule has 136 valence electrons. The number of carboxylic acid groups (broad SMARTS) is 1. The molecule has 2 N–H and O–H groups in total. The van der Waals surface area contributed by atoms with Crippen LogP contribution in [0.1, 0.15) is 41.9 Å². The number of nitrogens with zero attached hydrogens (tertiary/aromatic N) is 3. The molecule has 2 saturated heterocycles. The van der Waals surface area contributed by atoms with Gasteiger partial charge in [0.1, 0.15) is 0 Å². The van der Waals surface area contributed by atoms with E-state index in [9.17, 15) is 19.1 Å². The van der Waals surface area contributed by atoms with Crippen molar-refractivity contribution in [2.75, 3.05) is 0 Å². The average Bonchev–Trinajstić information content (AvgIpc) is 3.19. The molecule has 0 aromatic carbocycles. The topological polar surface area (TPSA) is 99.2 Å². The first-order chi connectivity index (χ1) is 12.4. The maximum Gasteiger partial charge on any atom is 0.306 e. The Morgan fingerprint density at radius 3 is 2.62 bits per heavy atom. The van der Waals surface area contributed by atoms with Gasteiger partial charge in [-0.2, -0.15) is 5.10 Å². The number of aromatic nitrogens is 3. The van der Waals surface area contributed by atoms with Crippen LogP contribution in [0.3, 0.4) is 0 Å². The molecule has 2 fully saturated rings. The van der Waals surface area contributed by atoms with Crippen LogP contribution in [0.2, 0.25) is 0 Å². The Hall–Kier alpha value is -2.77. The van der Waals surface area contributed by atoms with E-state index >= 15 is 0 Å². The lowest BCUT2D eigenvalue weighted by Crippen LogP contribution is -2.48. The lowest BCUT2D eigenvalue weighted by Gasteiger charge is -2.37. The molecular formula is C18H19FN4O3. The fourth-order valence-electron chi connectivity index (χ4n) is 4.16. The molecule has 7 nitrogen and oxygen atoms in total. The Morgan fingerprint density at radius 2 is 1.96 bits per heavy atom. The molecule has 2 unspecified atom stereocenters. The van der Waals surface area contributed by atoms with Crippen molar-refractivity contribution in [2.24, 2.45) is 5.92 Å². The van der Waals surface area contributed by atoms with E-state index < -0.39 is 11.8 Å². The third-order valence-corrected chi connectivity index (χ3v) is 5.40. The smallest absolute Gasteiger partial charge is 0.306 e. The Bertz CT molecular complexity index is 867. The van der Waals surface area contributed by atoms with Gasteiger partial charge < -0.3 is 10.0 Å². The summed E-state index contributed by atoms with van der Waals surface area (Å²) >= 11 is 0. The molecule has 2 aliphatic heterocycles. The highest BCUT2D eigenvalue weighted by Crippen LogP contribution is 2.39. The summed E-state index contributed by atoms with van der Waals surface area (Å²) in [5, 5.41) is 16.1. The number of carbonyl (C=O) groups excluding carboxylic acids is 1. The summed E-state index contributed by atoms with van der Waals surface area (Å²) in [4.78, 5) is 29.9. The van der Waals surface area contributed by atoms with Crippen LogP contribution in [0.5, 0.6) is 0 Å². The number of amides is 1. The zero-order chi connectivity index (χ0) is 18.4. The summed E-state index contributed by atoms with van der Waals surface area (Å²) in [6.45, 7) is 1.76. The van der Waals surface area contributed by atoms with Gasteiger partial charge in [-0.3, -0.25) is 19.7 Å². The summed E-state index contributed by atoms with van der Waals surface area (Å²) in [6.07, 6.45) is 3.73. The average molecular weight is 358 g/mol. The number of carbonyl (C=O) groups is 2. The first-order valence-corrected chi connectivity index (χ1v) is 8.67. The fraction of sp³-hybridized carbons (Fsp3) is 0.444. The quantitative estimate of drug-likeness (QED) is 0.878. The number of aromatic amines is 1. The van der Waals surface area contributed by atoms with Gasteiger partial charge in [-0.25, -0.2) is 4.39 Å². The van der Waals surface area contributed by atoms with Crippen LogP contribution in [0.4, 0.5) is 4.39 Å². The van der Waals surface area contributed by atoms with E-state index in [-0.39, 0.29) is 29.6 Å². The van der Waals surface area contributed by atoms with Crippen LogP contribution in [-0.4, -0.2) is 49.1 Å². The predicted molar refractivity (Wildman–Crippen MR) is 89.9 cm³/mol. The summed E-state index contributed by atoms with van der Waals surface area (Å²) in [6, 6.07) is 3.01. The molecule has 0 saturated carbocycles. The number of carboxylic acids is 1. The third-order valence-electron chi connectivity index (χ3n) is 5.40. The van der Waals surface area contributed by atoms with Crippen LogP contribution >= 0.6 is 0 Å². The van der Waals surface area contributed by atoms with Gasteiger partial charge in [0.05, 0.1) is 17.8 Å². The second kappa shape index (κ2) is 6.19. The molecular weight excluding hydrogens is 339 g/mol. The van der Waals surface area contributed by atoms with Crippen molar-refractivity contribution in [1.82, 2.24) is 20.1 Å². The van der Waals surface area contributed by atoms with E-state index in [2.05, 4.69) is 15.2 Å². The maximum atomic E-state index is 14.0. The number of hydrogen-bond donors (Lipinski definition) is 2. The van der Waals surface area contributed by atoms with Gasteiger partial charge in [-0.05, 0) is 44.7 Å². The summed E-state index contributed by atoms with van der Waals surface area (Å²) in [5.41, 5.74) is 1.62. The minimum Gasteiger partial charge on any atom is -0.481 e. The number of fused-ring (bicyclic) bond motifs is 2. The van der Waals surface area contributed by atoms with Crippen LogP contribution in [0.25, 0.3) is 11.3 Å². The van der Waals surface area contributed by atoms with E-state index in [0.29, 0.717) is 29.8 Å². The van der Waals surface area contributed by atoms with E-state index in [4.69, 9.17) is 0 Å². The summed E-state index contributed by atoms with van der Waals surface area (Å²) in [5.74, 6) is -1.89. The first-order valence-electron chi connectivity index (χ1n) is 8.67. The Kier molecular flexibility index (Phi) is 3.97. The summed E-state index contributed by atoms with van der Waals surface area (Å²) < 4.78 is 14.0. The van der Waals surface area contributed by atoms with Gasteiger partial charge in [0, 0.05) is 23.3 Å². The largest absolute Gasteiger partial charge is 0.481 e. The summed E-state index contributed by atoms with van der Waals surface area (Å²) in [7, 11) is 0. The van der Waals surface area contributed by atoms with Gasteiger partial charge in [-0.1, -0.05) is 0 Å². The van der Waals surface area contributed by atoms with Crippen molar-refractivity contribution >= 4 is 11.9 Å². The molecule has 26 heavy (non-hydrogen) atoms. The lowest BCUT2D eigenvalue weighted by molar-refractivity contribution is -0.144. The van der Waals surface area contributed by atoms with E-state index in [0.717, 1.165) is 19.0 Å². The zero-order valence-corrected chi connectivity index (χ0v) is 14.3. The molecule has 8 heteroatoms. The second-order valence-electron chi connectivity index (χ2n) is 7.08. The number of piperidine rings is 1. The lowest BCUT2D eigenvalue weighted by atomic mass is 9.90. The molecule has 2 aromatic rings. The minimum atomic E-state index is -0.792. The zero-order valence-electron chi connectivity index (χ0n) is 14.3. The van der Waals surface area contributed by atoms with Gasteiger partial charge >= 0.3 is 5.97 Å². The van der Waals surface area contributed by atoms with Crippen molar-refractivity contribution in [3.05, 3.63) is 35.5 Å². The maximum absolute atomic E-state index is 14.0. The Labute approximate surface area is 149 Å².